The predicted molar refractivity (Wildman–Crippen MR) is 91.5 cm³/mol. The summed E-state index contributed by atoms with van der Waals surface area (Å²) in [5.41, 5.74) is 3.42. The van der Waals surface area contributed by atoms with Crippen LogP contribution in [-0.4, -0.2) is 24.9 Å². The lowest BCUT2D eigenvalue weighted by molar-refractivity contribution is 0.0428. The summed E-state index contributed by atoms with van der Waals surface area (Å²) in [4.78, 5) is 0. The van der Waals surface area contributed by atoms with Crippen LogP contribution in [0.15, 0.2) is 34.3 Å². The Morgan fingerprint density at radius 2 is 1.73 bits per heavy atom. The quantitative estimate of drug-likeness (QED) is 0.650. The molecule has 1 rings (SSSR count). The van der Waals surface area contributed by atoms with Crippen LogP contribution in [0.25, 0.3) is 0 Å². The molecular weight excluding hydrogens is 276 g/mol. The average Bonchev–Trinajstić information content (AvgIpc) is 2.45. The maximum absolute atomic E-state index is 10.5. The Kier molecular flexibility index (Phi) is 7.21. The molecule has 0 aliphatic heterocycles. The molecule has 1 aliphatic rings. The van der Waals surface area contributed by atoms with E-state index in [1.165, 1.54) is 16.7 Å². The SMILES string of the molecule is COC1=C(OC)CC(CCC(C)(O)CCC=C(C)C)=C(C)C1. The Bertz CT molecular complexity index is 463. The van der Waals surface area contributed by atoms with Gasteiger partial charge in [-0.1, -0.05) is 22.8 Å². The fourth-order valence-electron chi connectivity index (χ4n) is 2.80. The summed E-state index contributed by atoms with van der Waals surface area (Å²) in [6.45, 7) is 8.28. The van der Waals surface area contributed by atoms with Crippen LogP contribution in [0.3, 0.4) is 0 Å². The van der Waals surface area contributed by atoms with Crippen molar-refractivity contribution >= 4 is 0 Å². The summed E-state index contributed by atoms with van der Waals surface area (Å²) in [6, 6.07) is 0. The normalized spacial score (nSPS) is 18.1. The van der Waals surface area contributed by atoms with Crippen molar-refractivity contribution in [2.24, 2.45) is 0 Å². The minimum atomic E-state index is -0.613. The van der Waals surface area contributed by atoms with Crippen molar-refractivity contribution in [1.29, 1.82) is 0 Å². The van der Waals surface area contributed by atoms with E-state index in [2.05, 4.69) is 26.8 Å². The molecule has 3 nitrogen and oxygen atoms in total. The molecular formula is C19H32O3. The number of allylic oxidation sites excluding steroid dienone is 4. The lowest BCUT2D eigenvalue weighted by Gasteiger charge is -2.27. The zero-order valence-electron chi connectivity index (χ0n) is 15.1. The van der Waals surface area contributed by atoms with Crippen molar-refractivity contribution in [1.82, 2.24) is 0 Å². The van der Waals surface area contributed by atoms with Gasteiger partial charge in [-0.3, -0.25) is 0 Å². The third-order valence-corrected chi connectivity index (χ3v) is 4.41. The minimum Gasteiger partial charge on any atom is -0.497 e. The molecule has 0 aromatic carbocycles. The van der Waals surface area contributed by atoms with Crippen LogP contribution in [0, 0.1) is 0 Å². The second kappa shape index (κ2) is 8.42. The molecule has 3 heteroatoms. The molecule has 126 valence electrons. The van der Waals surface area contributed by atoms with Gasteiger partial charge in [0, 0.05) is 12.8 Å². The fraction of sp³-hybridized carbons (Fsp3) is 0.684. The first-order valence-electron chi connectivity index (χ1n) is 8.12. The summed E-state index contributed by atoms with van der Waals surface area (Å²) in [6.07, 6.45) is 7.25. The molecule has 0 aromatic heterocycles. The molecule has 0 heterocycles. The standard InChI is InChI=1S/C19H32O3/c1-14(2)8-7-10-19(4,20)11-9-16-13-18(22-6)17(21-5)12-15(16)3/h8,20H,7,9-13H2,1-6H3. The first-order valence-corrected chi connectivity index (χ1v) is 8.12. The highest BCUT2D eigenvalue weighted by molar-refractivity contribution is 5.28. The highest BCUT2D eigenvalue weighted by atomic mass is 16.5. The largest absolute Gasteiger partial charge is 0.497 e. The van der Waals surface area contributed by atoms with E-state index in [9.17, 15) is 5.11 Å². The molecule has 0 spiro atoms. The molecule has 1 aliphatic carbocycles. The van der Waals surface area contributed by atoms with E-state index in [4.69, 9.17) is 9.47 Å². The van der Waals surface area contributed by atoms with Crippen LogP contribution in [0.1, 0.15) is 66.2 Å². The van der Waals surface area contributed by atoms with Crippen molar-refractivity contribution in [3.63, 3.8) is 0 Å². The topological polar surface area (TPSA) is 38.7 Å². The van der Waals surface area contributed by atoms with Crippen molar-refractivity contribution in [2.75, 3.05) is 14.2 Å². The summed E-state index contributed by atoms with van der Waals surface area (Å²) in [7, 11) is 3.39. The van der Waals surface area contributed by atoms with E-state index in [0.29, 0.717) is 0 Å². The van der Waals surface area contributed by atoms with Gasteiger partial charge < -0.3 is 14.6 Å². The third-order valence-electron chi connectivity index (χ3n) is 4.41. The highest BCUT2D eigenvalue weighted by Crippen LogP contribution is 2.34. The average molecular weight is 308 g/mol. The Hall–Kier alpha value is -1.22. The van der Waals surface area contributed by atoms with E-state index in [1.54, 1.807) is 14.2 Å². The Morgan fingerprint density at radius 1 is 1.14 bits per heavy atom. The number of hydrogen-bond acceptors (Lipinski definition) is 3. The summed E-state index contributed by atoms with van der Waals surface area (Å²) in [5.74, 6) is 1.85. The van der Waals surface area contributed by atoms with Crippen LogP contribution in [-0.2, 0) is 9.47 Å². The van der Waals surface area contributed by atoms with Gasteiger partial charge in [-0.25, -0.2) is 0 Å². The summed E-state index contributed by atoms with van der Waals surface area (Å²) < 4.78 is 10.8. The Balaban J connectivity index is 2.58. The zero-order valence-corrected chi connectivity index (χ0v) is 15.1. The molecule has 0 saturated heterocycles. The first-order chi connectivity index (χ1) is 10.3. The molecule has 0 fully saturated rings. The molecule has 1 unspecified atom stereocenters. The van der Waals surface area contributed by atoms with Gasteiger partial charge in [0.1, 0.15) is 11.5 Å². The van der Waals surface area contributed by atoms with Gasteiger partial charge in [0.15, 0.2) is 0 Å². The van der Waals surface area contributed by atoms with E-state index in [0.717, 1.165) is 50.0 Å². The van der Waals surface area contributed by atoms with E-state index < -0.39 is 5.60 Å². The monoisotopic (exact) mass is 308 g/mol. The maximum Gasteiger partial charge on any atom is 0.137 e. The van der Waals surface area contributed by atoms with Gasteiger partial charge in [-0.15, -0.1) is 0 Å². The summed E-state index contributed by atoms with van der Waals surface area (Å²) >= 11 is 0. The van der Waals surface area contributed by atoms with E-state index in [-0.39, 0.29) is 0 Å². The first kappa shape index (κ1) is 18.8. The number of rotatable bonds is 8. The van der Waals surface area contributed by atoms with Crippen LogP contribution >= 0.6 is 0 Å². The molecule has 0 amide bonds. The van der Waals surface area contributed by atoms with Crippen molar-refractivity contribution in [3.8, 4) is 0 Å². The smallest absolute Gasteiger partial charge is 0.137 e. The molecule has 1 atom stereocenters. The van der Waals surface area contributed by atoms with Crippen molar-refractivity contribution < 1.29 is 14.6 Å². The molecule has 0 aromatic rings. The Labute approximate surface area is 135 Å². The number of methoxy groups -OCH3 is 2. The zero-order chi connectivity index (χ0) is 16.8. The minimum absolute atomic E-state index is 0.613. The van der Waals surface area contributed by atoms with E-state index in [1.807, 2.05) is 6.92 Å². The van der Waals surface area contributed by atoms with Crippen LogP contribution in [0.2, 0.25) is 0 Å². The molecule has 0 radical (unpaired) electrons. The summed E-state index contributed by atoms with van der Waals surface area (Å²) in [5, 5.41) is 10.5. The van der Waals surface area contributed by atoms with Crippen LogP contribution in [0.5, 0.6) is 0 Å². The second-order valence-corrected chi connectivity index (χ2v) is 6.81. The van der Waals surface area contributed by atoms with Crippen molar-refractivity contribution in [2.45, 2.75) is 71.8 Å². The van der Waals surface area contributed by atoms with E-state index >= 15 is 0 Å². The van der Waals surface area contributed by atoms with Gasteiger partial charge in [-0.05, 0) is 53.4 Å². The van der Waals surface area contributed by atoms with Crippen molar-refractivity contribution in [3.05, 3.63) is 34.3 Å². The molecule has 0 bridgehead atoms. The van der Waals surface area contributed by atoms with Gasteiger partial charge in [-0.2, -0.15) is 0 Å². The highest BCUT2D eigenvalue weighted by Gasteiger charge is 2.24. The lowest BCUT2D eigenvalue weighted by Crippen LogP contribution is -2.24. The third kappa shape index (κ3) is 5.88. The van der Waals surface area contributed by atoms with Gasteiger partial charge in [0.2, 0.25) is 0 Å². The molecule has 0 saturated carbocycles. The number of aliphatic hydroxyl groups is 1. The predicted octanol–water partition coefficient (Wildman–Crippen LogP) is 4.88. The van der Waals surface area contributed by atoms with Gasteiger partial charge >= 0.3 is 0 Å². The Morgan fingerprint density at radius 3 is 2.27 bits per heavy atom. The number of ether oxygens (including phenoxy) is 2. The number of hydrogen-bond donors (Lipinski definition) is 1. The molecule has 22 heavy (non-hydrogen) atoms. The lowest BCUT2D eigenvalue weighted by atomic mass is 9.86. The van der Waals surface area contributed by atoms with Crippen LogP contribution < -0.4 is 0 Å². The van der Waals surface area contributed by atoms with Crippen LogP contribution in [0.4, 0.5) is 0 Å². The van der Waals surface area contributed by atoms with Gasteiger partial charge in [0.25, 0.3) is 0 Å². The second-order valence-electron chi connectivity index (χ2n) is 6.81. The molecule has 1 N–H and O–H groups in total. The fourth-order valence-corrected chi connectivity index (χ4v) is 2.80. The van der Waals surface area contributed by atoms with Gasteiger partial charge in [0.05, 0.1) is 19.8 Å². The maximum atomic E-state index is 10.5.